The van der Waals surface area contributed by atoms with Crippen LogP contribution in [-0.4, -0.2) is 81.8 Å². The van der Waals surface area contributed by atoms with E-state index in [0.29, 0.717) is 47.7 Å². The molecule has 0 unspecified atom stereocenters. The average Bonchev–Trinajstić information content (AvgIpc) is 3.03. The topological polar surface area (TPSA) is 236 Å². The fourth-order valence-corrected chi connectivity index (χ4v) is 4.05. The van der Waals surface area contributed by atoms with Crippen LogP contribution in [0.5, 0.6) is 11.5 Å². The molecule has 0 spiro atoms. The van der Waals surface area contributed by atoms with Crippen molar-refractivity contribution in [2.75, 3.05) is 18.5 Å². The van der Waals surface area contributed by atoms with Crippen LogP contribution in [0.25, 0.3) is 10.9 Å². The van der Waals surface area contributed by atoms with Crippen molar-refractivity contribution in [1.82, 2.24) is 10.3 Å². The number of aliphatic hydroxyl groups is 1. The number of carbonyl (C=O) groups is 4. The fraction of sp³-hybridized carbons (Fsp3) is 0.387. The van der Waals surface area contributed by atoms with Crippen LogP contribution in [0.2, 0.25) is 0 Å². The molecule has 0 radical (unpaired) electrons. The van der Waals surface area contributed by atoms with Crippen LogP contribution >= 0.6 is 0 Å². The second-order valence-electron chi connectivity index (χ2n) is 10.1. The minimum atomic E-state index is -5.08. The lowest BCUT2D eigenvalue weighted by atomic mass is 10.0. The van der Waals surface area contributed by atoms with Gasteiger partial charge in [-0.3, -0.25) is 14.6 Å². The molecule has 0 bridgehead atoms. The first-order valence-electron chi connectivity index (χ1n) is 14.8. The van der Waals surface area contributed by atoms with Crippen LogP contribution in [-0.2, 0) is 27.3 Å². The number of primary amides is 1. The Morgan fingerprint density at radius 2 is 1.43 bits per heavy atom. The Labute approximate surface area is 286 Å². The Hall–Kier alpha value is -5.37. The van der Waals surface area contributed by atoms with Gasteiger partial charge in [-0.2, -0.15) is 26.3 Å². The Morgan fingerprint density at radius 1 is 0.922 bits per heavy atom. The van der Waals surface area contributed by atoms with E-state index in [0.717, 1.165) is 16.8 Å². The number of halogens is 6. The number of pyridine rings is 1. The number of aromatic nitrogens is 1. The van der Waals surface area contributed by atoms with Crippen LogP contribution in [0.1, 0.15) is 49.2 Å². The third-order valence-corrected chi connectivity index (χ3v) is 6.45. The highest BCUT2D eigenvalue weighted by molar-refractivity contribution is 6.08. The van der Waals surface area contributed by atoms with Crippen LogP contribution in [0.3, 0.4) is 0 Å². The first-order chi connectivity index (χ1) is 23.6. The molecular weight excluding hydrogens is 700 g/mol. The van der Waals surface area contributed by atoms with Gasteiger partial charge in [-0.25, -0.2) is 9.59 Å². The van der Waals surface area contributed by atoms with Gasteiger partial charge in [0.25, 0.3) is 5.91 Å². The number of amides is 2. The molecule has 20 heteroatoms. The third kappa shape index (κ3) is 13.1. The number of rotatable bonds is 12. The molecule has 0 aliphatic rings. The number of benzene rings is 2. The molecule has 9 N–H and O–H groups in total. The Bertz CT molecular complexity index is 1660. The normalized spacial score (nSPS) is 12.2. The predicted molar refractivity (Wildman–Crippen MR) is 171 cm³/mol. The van der Waals surface area contributed by atoms with Crippen LogP contribution in [0.4, 0.5) is 37.7 Å². The number of ether oxygens (including phenoxy) is 2. The number of alkyl halides is 6. The van der Waals surface area contributed by atoms with Crippen LogP contribution in [0, 0.1) is 0 Å². The molecule has 0 saturated carbocycles. The number of nitrogens with two attached hydrogens (primary N) is 2. The van der Waals surface area contributed by atoms with E-state index in [9.17, 15) is 41.0 Å². The van der Waals surface area contributed by atoms with E-state index in [4.69, 9.17) is 40.7 Å². The Kier molecular flexibility index (Phi) is 16.4. The standard InChI is InChI=1S/C27H35N5O5.2C2HF3O2/c1-5-17-16(13-31-27(35)24(28)15(4)33)9-8-10-20(17)32-25-18-11-22(36-6-2)23(37-7-3)12-21(18)30-14-19(25)26(29)34;2*3-2(4,5)1(6)7/h8-12,14-15,24,33H,5-7,13,28H2,1-4H3,(H2,29,34)(H,30,32)(H,31,35);2*(H,6,7)/t15-,24+;;/m1../s1. The van der Waals surface area contributed by atoms with E-state index in [1.807, 2.05) is 39.0 Å². The third-order valence-electron chi connectivity index (χ3n) is 6.45. The zero-order chi connectivity index (χ0) is 39.3. The molecule has 1 heterocycles. The van der Waals surface area contributed by atoms with Gasteiger partial charge in [-0.1, -0.05) is 19.1 Å². The fourth-order valence-electron chi connectivity index (χ4n) is 4.05. The van der Waals surface area contributed by atoms with Gasteiger partial charge in [0.15, 0.2) is 11.5 Å². The number of nitrogens with zero attached hydrogens (tertiary/aromatic N) is 1. The summed E-state index contributed by atoms with van der Waals surface area (Å²) >= 11 is 0. The van der Waals surface area contributed by atoms with Crippen molar-refractivity contribution < 1.29 is 70.3 Å². The van der Waals surface area contributed by atoms with Crippen molar-refractivity contribution in [3.05, 3.63) is 53.2 Å². The quantitative estimate of drug-likeness (QED) is 0.131. The van der Waals surface area contributed by atoms with Gasteiger partial charge in [0.05, 0.1) is 36.1 Å². The number of aliphatic carboxylic acids is 2. The molecule has 2 atom stereocenters. The van der Waals surface area contributed by atoms with Gasteiger partial charge in [-0.05, 0) is 50.5 Å². The van der Waals surface area contributed by atoms with Crippen LogP contribution < -0.4 is 31.6 Å². The minimum Gasteiger partial charge on any atom is -0.490 e. The van der Waals surface area contributed by atoms with E-state index < -0.39 is 48.3 Å². The molecule has 0 saturated heterocycles. The predicted octanol–water partition coefficient (Wildman–Crippen LogP) is 4.03. The molecule has 0 aliphatic carbocycles. The van der Waals surface area contributed by atoms with Gasteiger partial charge >= 0.3 is 24.3 Å². The minimum absolute atomic E-state index is 0.225. The highest BCUT2D eigenvalue weighted by Crippen LogP contribution is 2.38. The number of carboxylic acids is 2. The molecule has 3 rings (SSSR count). The van der Waals surface area contributed by atoms with Crippen LogP contribution in [0.15, 0.2) is 36.5 Å². The van der Waals surface area contributed by atoms with Gasteiger partial charge < -0.3 is 46.9 Å². The largest absolute Gasteiger partial charge is 0.490 e. The summed E-state index contributed by atoms with van der Waals surface area (Å²) in [5, 5.41) is 30.7. The summed E-state index contributed by atoms with van der Waals surface area (Å²) in [7, 11) is 0. The summed E-state index contributed by atoms with van der Waals surface area (Å²) in [4.78, 5) is 46.9. The SMILES string of the molecule is CCOc1cc2ncc(C(N)=O)c(Nc3cccc(CNC(=O)[C@@H](N)[C@@H](C)O)c3CC)c2cc1OCC.O=C(O)C(F)(F)F.O=C(O)C(F)(F)F. The summed E-state index contributed by atoms with van der Waals surface area (Å²) in [6, 6.07) is 8.19. The molecule has 282 valence electrons. The van der Waals surface area contributed by atoms with Gasteiger partial charge in [-0.15, -0.1) is 0 Å². The molecule has 2 amide bonds. The zero-order valence-electron chi connectivity index (χ0n) is 27.6. The summed E-state index contributed by atoms with van der Waals surface area (Å²) in [6.07, 6.45) is -9.05. The maximum absolute atomic E-state index is 12.4. The lowest BCUT2D eigenvalue weighted by Crippen LogP contribution is -2.46. The highest BCUT2D eigenvalue weighted by Gasteiger charge is 2.39. The van der Waals surface area contributed by atoms with Gasteiger partial charge in [0.2, 0.25) is 5.91 Å². The van der Waals surface area contributed by atoms with Crippen molar-refractivity contribution >= 4 is 46.0 Å². The first kappa shape index (κ1) is 43.7. The monoisotopic (exact) mass is 737 g/mol. The van der Waals surface area contributed by atoms with E-state index in [2.05, 4.69) is 15.6 Å². The van der Waals surface area contributed by atoms with Crippen molar-refractivity contribution in [2.24, 2.45) is 11.5 Å². The second kappa shape index (κ2) is 19.1. The summed E-state index contributed by atoms with van der Waals surface area (Å²) in [5.41, 5.74) is 15.3. The molecule has 2 aromatic carbocycles. The first-order valence-corrected chi connectivity index (χ1v) is 14.8. The second-order valence-corrected chi connectivity index (χ2v) is 10.1. The lowest BCUT2D eigenvalue weighted by molar-refractivity contribution is -0.193. The van der Waals surface area contributed by atoms with E-state index in [1.165, 1.54) is 13.1 Å². The van der Waals surface area contributed by atoms with Crippen molar-refractivity contribution in [1.29, 1.82) is 0 Å². The molecule has 0 aliphatic heterocycles. The van der Waals surface area contributed by atoms with Crippen molar-refractivity contribution in [2.45, 2.75) is 65.2 Å². The zero-order valence-corrected chi connectivity index (χ0v) is 27.6. The van der Waals surface area contributed by atoms with Gasteiger partial charge in [0, 0.05) is 29.9 Å². The maximum atomic E-state index is 12.4. The maximum Gasteiger partial charge on any atom is 0.490 e. The van der Waals surface area contributed by atoms with E-state index in [-0.39, 0.29) is 12.1 Å². The van der Waals surface area contributed by atoms with Crippen molar-refractivity contribution in [3.8, 4) is 11.5 Å². The number of nitrogens with one attached hydrogen (secondary N) is 2. The number of aliphatic hydroxyl groups excluding tert-OH is 1. The molecule has 1 aromatic heterocycles. The Balaban J connectivity index is 0.000000780. The highest BCUT2D eigenvalue weighted by atomic mass is 19.4. The summed E-state index contributed by atoms with van der Waals surface area (Å²) in [6.45, 7) is 8.35. The number of carboxylic acid groups (broad SMARTS) is 2. The number of fused-ring (bicyclic) bond motifs is 1. The smallest absolute Gasteiger partial charge is 0.490 e. The van der Waals surface area contributed by atoms with Crippen molar-refractivity contribution in [3.63, 3.8) is 0 Å². The Morgan fingerprint density at radius 3 is 1.86 bits per heavy atom. The molecule has 0 fully saturated rings. The number of anilines is 2. The molecule has 14 nitrogen and oxygen atoms in total. The molecular formula is C31H37F6N5O9. The van der Waals surface area contributed by atoms with E-state index >= 15 is 0 Å². The lowest BCUT2D eigenvalue weighted by Gasteiger charge is -2.20. The molecule has 51 heavy (non-hydrogen) atoms. The summed E-state index contributed by atoms with van der Waals surface area (Å²) < 4.78 is 75.0. The number of carbonyl (C=O) groups excluding carboxylic acids is 2. The summed E-state index contributed by atoms with van der Waals surface area (Å²) in [5.74, 6) is -5.49. The number of hydrogen-bond acceptors (Lipinski definition) is 10. The average molecular weight is 738 g/mol. The number of hydrogen-bond donors (Lipinski definition) is 7. The van der Waals surface area contributed by atoms with E-state index in [1.54, 1.807) is 12.1 Å². The van der Waals surface area contributed by atoms with Gasteiger partial charge in [0.1, 0.15) is 6.04 Å². The molecule has 3 aromatic rings.